The Morgan fingerprint density at radius 1 is 1.56 bits per heavy atom. The van der Waals surface area contributed by atoms with Crippen LogP contribution in [0.3, 0.4) is 0 Å². The fraction of sp³-hybridized carbons (Fsp3) is 0.500. The molecule has 88 valence electrons. The molecule has 0 aromatic carbocycles. The number of amides is 1. The van der Waals surface area contributed by atoms with Gasteiger partial charge in [0.15, 0.2) is 0 Å². The second kappa shape index (κ2) is 7.29. The molecular formula is C10H15N3O3. The Hall–Kier alpha value is -2.03. The van der Waals surface area contributed by atoms with Gasteiger partial charge in [-0.1, -0.05) is 6.92 Å². The molecule has 3 N–H and O–H groups in total. The van der Waals surface area contributed by atoms with Gasteiger partial charge >= 0.3 is 5.97 Å². The highest BCUT2D eigenvalue weighted by molar-refractivity contribution is 5.97. The van der Waals surface area contributed by atoms with Crippen molar-refractivity contribution in [3.63, 3.8) is 0 Å². The summed E-state index contributed by atoms with van der Waals surface area (Å²) in [7, 11) is 0. The number of nitriles is 1. The first-order chi connectivity index (χ1) is 7.51. The fourth-order valence-corrected chi connectivity index (χ4v) is 0.793. The number of carboxylic acids is 1. The second-order valence-corrected chi connectivity index (χ2v) is 3.23. The van der Waals surface area contributed by atoms with Gasteiger partial charge in [0, 0.05) is 12.2 Å². The van der Waals surface area contributed by atoms with Crippen molar-refractivity contribution in [1.29, 1.82) is 5.26 Å². The van der Waals surface area contributed by atoms with Gasteiger partial charge in [-0.2, -0.15) is 5.26 Å². The molecule has 0 aromatic heterocycles. The highest BCUT2D eigenvalue weighted by Gasteiger charge is 2.10. The van der Waals surface area contributed by atoms with Crippen molar-refractivity contribution >= 4 is 11.9 Å². The summed E-state index contributed by atoms with van der Waals surface area (Å²) in [5.74, 6) is -1.56. The van der Waals surface area contributed by atoms with Crippen LogP contribution in [0.2, 0.25) is 0 Å². The van der Waals surface area contributed by atoms with Crippen LogP contribution < -0.4 is 10.6 Å². The zero-order chi connectivity index (χ0) is 12.6. The molecule has 0 aliphatic rings. The number of hydrogen-bond acceptors (Lipinski definition) is 4. The summed E-state index contributed by atoms with van der Waals surface area (Å²) < 4.78 is 0. The minimum atomic E-state index is -1.06. The van der Waals surface area contributed by atoms with Crippen molar-refractivity contribution in [2.75, 3.05) is 6.54 Å². The topological polar surface area (TPSA) is 102 Å². The zero-order valence-corrected chi connectivity index (χ0v) is 9.28. The number of nitrogens with zero attached hydrogens (tertiary/aromatic N) is 1. The molecule has 16 heavy (non-hydrogen) atoms. The van der Waals surface area contributed by atoms with Gasteiger partial charge in [0.2, 0.25) is 0 Å². The Bertz CT molecular complexity index is 331. The van der Waals surface area contributed by atoms with Crippen LogP contribution in [-0.4, -0.2) is 29.6 Å². The predicted molar refractivity (Wildman–Crippen MR) is 57.2 cm³/mol. The van der Waals surface area contributed by atoms with Crippen molar-refractivity contribution in [1.82, 2.24) is 10.6 Å². The minimum absolute atomic E-state index is 0.0243. The molecule has 1 unspecified atom stereocenters. The number of carbonyl (C=O) groups excluding carboxylic acids is 1. The van der Waals surface area contributed by atoms with Gasteiger partial charge in [-0.25, -0.2) is 0 Å². The Balaban J connectivity index is 4.32. The smallest absolute Gasteiger partial charge is 0.322 e. The maximum atomic E-state index is 11.4. The molecule has 0 bridgehead atoms. The molecule has 0 radical (unpaired) electrons. The Morgan fingerprint density at radius 3 is 2.62 bits per heavy atom. The van der Waals surface area contributed by atoms with E-state index in [1.807, 2.05) is 13.8 Å². The number of nitrogens with one attached hydrogen (secondary N) is 2. The van der Waals surface area contributed by atoms with E-state index in [-0.39, 0.29) is 18.2 Å². The van der Waals surface area contributed by atoms with Crippen LogP contribution in [0.1, 0.15) is 20.3 Å². The van der Waals surface area contributed by atoms with Crippen LogP contribution in [0.4, 0.5) is 0 Å². The number of hydrogen-bond donors (Lipinski definition) is 3. The van der Waals surface area contributed by atoms with Crippen LogP contribution in [0, 0.1) is 11.3 Å². The lowest BCUT2D eigenvalue weighted by Crippen LogP contribution is -2.33. The molecule has 0 fully saturated rings. The average Bonchev–Trinajstić information content (AvgIpc) is 2.23. The standard InChI is InChI=1S/C10H15N3O3/c1-3-7(2)13-10(16)8(4-11)5-12-6-9(14)15/h5,7,12H,3,6H2,1-2H3,(H,13,16)(H,14,15)/b8-5-. The van der Waals surface area contributed by atoms with E-state index >= 15 is 0 Å². The lowest BCUT2D eigenvalue weighted by Gasteiger charge is -2.10. The van der Waals surface area contributed by atoms with E-state index < -0.39 is 11.9 Å². The molecule has 1 atom stereocenters. The highest BCUT2D eigenvalue weighted by Crippen LogP contribution is 1.94. The van der Waals surface area contributed by atoms with Gasteiger partial charge in [0.1, 0.15) is 18.2 Å². The summed E-state index contributed by atoms with van der Waals surface area (Å²) in [6, 6.07) is 1.67. The average molecular weight is 225 g/mol. The quantitative estimate of drug-likeness (QED) is 0.435. The third kappa shape index (κ3) is 5.65. The summed E-state index contributed by atoms with van der Waals surface area (Å²) in [6.45, 7) is 3.39. The van der Waals surface area contributed by atoms with Gasteiger partial charge in [-0.3, -0.25) is 9.59 Å². The molecule has 0 rings (SSSR count). The summed E-state index contributed by atoms with van der Waals surface area (Å²) in [5, 5.41) is 22.0. The molecule has 6 heteroatoms. The van der Waals surface area contributed by atoms with Crippen LogP contribution in [0.25, 0.3) is 0 Å². The van der Waals surface area contributed by atoms with E-state index in [4.69, 9.17) is 10.4 Å². The van der Waals surface area contributed by atoms with E-state index in [1.54, 1.807) is 6.07 Å². The molecule has 0 spiro atoms. The first-order valence-electron chi connectivity index (χ1n) is 4.87. The number of rotatable bonds is 6. The summed E-state index contributed by atoms with van der Waals surface area (Å²) in [4.78, 5) is 21.6. The van der Waals surface area contributed by atoms with Crippen LogP contribution in [0.15, 0.2) is 11.8 Å². The van der Waals surface area contributed by atoms with Crippen LogP contribution in [0.5, 0.6) is 0 Å². The molecule has 0 aliphatic heterocycles. The van der Waals surface area contributed by atoms with Crippen molar-refractivity contribution in [2.24, 2.45) is 0 Å². The second-order valence-electron chi connectivity index (χ2n) is 3.23. The van der Waals surface area contributed by atoms with Gasteiger partial charge in [0.05, 0.1) is 0 Å². The first kappa shape index (κ1) is 14.0. The lowest BCUT2D eigenvalue weighted by molar-refractivity contribution is -0.135. The van der Waals surface area contributed by atoms with Gasteiger partial charge in [-0.15, -0.1) is 0 Å². The summed E-state index contributed by atoms with van der Waals surface area (Å²) >= 11 is 0. The van der Waals surface area contributed by atoms with Crippen molar-refractivity contribution in [3.8, 4) is 6.07 Å². The first-order valence-corrected chi connectivity index (χ1v) is 4.87. The Morgan fingerprint density at radius 2 is 2.19 bits per heavy atom. The van der Waals surface area contributed by atoms with Gasteiger partial charge in [-0.05, 0) is 13.3 Å². The van der Waals surface area contributed by atoms with E-state index in [1.165, 1.54) is 0 Å². The third-order valence-corrected chi connectivity index (χ3v) is 1.85. The number of carboxylic acid groups (broad SMARTS) is 1. The maximum Gasteiger partial charge on any atom is 0.322 e. The molecule has 0 saturated heterocycles. The maximum absolute atomic E-state index is 11.4. The number of aliphatic carboxylic acids is 1. The zero-order valence-electron chi connectivity index (χ0n) is 9.28. The van der Waals surface area contributed by atoms with E-state index in [0.717, 1.165) is 12.6 Å². The van der Waals surface area contributed by atoms with Crippen LogP contribution in [-0.2, 0) is 9.59 Å². The third-order valence-electron chi connectivity index (χ3n) is 1.85. The molecule has 0 saturated carbocycles. The lowest BCUT2D eigenvalue weighted by atomic mass is 10.2. The SMILES string of the molecule is CCC(C)NC(=O)/C(C#N)=C\NCC(=O)O. The van der Waals surface area contributed by atoms with Crippen molar-refractivity contribution in [2.45, 2.75) is 26.3 Å². The number of carbonyl (C=O) groups is 2. The normalized spacial score (nSPS) is 12.4. The molecular weight excluding hydrogens is 210 g/mol. The van der Waals surface area contributed by atoms with Gasteiger partial charge < -0.3 is 15.7 Å². The monoisotopic (exact) mass is 225 g/mol. The van der Waals surface area contributed by atoms with Crippen molar-refractivity contribution in [3.05, 3.63) is 11.8 Å². The Kier molecular flexibility index (Phi) is 6.36. The summed E-state index contributed by atoms with van der Waals surface area (Å²) in [5.41, 5.74) is -0.137. The predicted octanol–water partition coefficient (Wildman–Crippen LogP) is -0.0172. The molecule has 1 amide bonds. The molecule has 6 nitrogen and oxygen atoms in total. The largest absolute Gasteiger partial charge is 0.480 e. The minimum Gasteiger partial charge on any atom is -0.480 e. The molecule has 0 aromatic rings. The van der Waals surface area contributed by atoms with Crippen molar-refractivity contribution < 1.29 is 14.7 Å². The highest BCUT2D eigenvalue weighted by atomic mass is 16.4. The Labute approximate surface area is 93.9 Å². The van der Waals surface area contributed by atoms with Crippen LogP contribution >= 0.6 is 0 Å². The van der Waals surface area contributed by atoms with Gasteiger partial charge in [0.25, 0.3) is 5.91 Å². The van der Waals surface area contributed by atoms with E-state index in [9.17, 15) is 9.59 Å². The van der Waals surface area contributed by atoms with E-state index in [2.05, 4.69) is 10.6 Å². The fourth-order valence-electron chi connectivity index (χ4n) is 0.793. The molecule has 0 heterocycles. The summed E-state index contributed by atoms with van der Waals surface area (Å²) in [6.07, 6.45) is 1.86. The van der Waals surface area contributed by atoms with E-state index in [0.29, 0.717) is 0 Å². The molecule has 0 aliphatic carbocycles.